The van der Waals surface area contributed by atoms with Crippen molar-refractivity contribution in [3.05, 3.63) is 63.9 Å². The van der Waals surface area contributed by atoms with Crippen LogP contribution in [-0.2, 0) is 20.8 Å². The average Bonchev–Trinajstić information content (AvgIpc) is 2.90. The number of anilines is 1. The first kappa shape index (κ1) is 29.0. The Morgan fingerprint density at radius 3 is 2.17 bits per heavy atom. The number of amides is 1. The van der Waals surface area contributed by atoms with Crippen LogP contribution in [-0.4, -0.2) is 88.4 Å². The number of phenolic OH excluding ortho intramolecular Hbond substituents is 1. The lowest BCUT2D eigenvalue weighted by atomic mass is 9.57. The Hall–Kier alpha value is -4.48. The summed E-state index contributed by atoms with van der Waals surface area (Å²) in [6.45, 7) is 1.44. The molecule has 0 aliphatic heterocycles. The van der Waals surface area contributed by atoms with Crippen molar-refractivity contribution in [2.45, 2.75) is 31.4 Å². The molecular weight excluding hydrogens is 542 g/mol. The minimum Gasteiger partial charge on any atom is -0.508 e. The molecule has 11 nitrogen and oxygen atoms in total. The molecule has 3 aliphatic carbocycles. The van der Waals surface area contributed by atoms with Gasteiger partial charge in [-0.25, -0.2) is 0 Å². The normalized spacial score (nSPS) is 25.3. The van der Waals surface area contributed by atoms with Gasteiger partial charge in [-0.2, -0.15) is 0 Å². The average molecular weight is 576 g/mol. The molecule has 42 heavy (non-hydrogen) atoms. The molecule has 1 saturated carbocycles. The number of aliphatic hydroxyl groups excluding tert-OH is 2. The number of Topliss-reactive ketones (excluding diaryl/α,β-unsaturated/α-hetero) is 3. The van der Waals surface area contributed by atoms with Gasteiger partial charge in [-0.05, 0) is 57.0 Å². The van der Waals surface area contributed by atoms with E-state index in [1.54, 1.807) is 58.5 Å². The van der Waals surface area contributed by atoms with Crippen LogP contribution >= 0.6 is 0 Å². The topological polar surface area (TPSA) is 182 Å². The maximum Gasteiger partial charge on any atom is 0.255 e. The molecule has 1 fully saturated rings. The smallest absolute Gasteiger partial charge is 0.255 e. The lowest BCUT2D eigenvalue weighted by molar-refractivity contribution is -0.153. The largest absolute Gasteiger partial charge is 0.508 e. The van der Waals surface area contributed by atoms with E-state index in [-0.39, 0.29) is 35.5 Å². The van der Waals surface area contributed by atoms with Gasteiger partial charge in [-0.3, -0.25) is 24.1 Å². The number of hydrogen-bond acceptors (Lipinski definition) is 10. The van der Waals surface area contributed by atoms with Crippen molar-refractivity contribution >= 4 is 34.7 Å². The molecule has 0 spiro atoms. The second-order valence-electron chi connectivity index (χ2n) is 11.6. The molecule has 0 aromatic heterocycles. The molecule has 220 valence electrons. The Balaban J connectivity index is 1.75. The molecular formula is C31H33N3O8. The summed E-state index contributed by atoms with van der Waals surface area (Å²) in [5.41, 5.74) is 4.22. The first-order chi connectivity index (χ1) is 19.6. The van der Waals surface area contributed by atoms with E-state index in [4.69, 9.17) is 5.73 Å². The third-order valence-corrected chi connectivity index (χ3v) is 8.78. The van der Waals surface area contributed by atoms with E-state index >= 15 is 0 Å². The Labute approximate surface area is 242 Å². The van der Waals surface area contributed by atoms with E-state index in [1.807, 2.05) is 4.90 Å². The zero-order valence-corrected chi connectivity index (χ0v) is 23.9. The van der Waals surface area contributed by atoms with Crippen molar-refractivity contribution in [1.82, 2.24) is 4.90 Å². The zero-order valence-electron chi connectivity index (χ0n) is 23.9. The summed E-state index contributed by atoms with van der Waals surface area (Å²) in [6, 6.07) is 7.19. The SMILES string of the molecule is CC(=O)c1ccc(-c2cc(N(C)C)c3c(c2O)C(O)=C2C(=O)[C@]4(O)C(O)=C(C(N)=O)C(=O)[C@@H](N(C)C)[C@@H]4C[C@@H]2C3)cc1. The number of likely N-dealkylation sites (N-methyl/N-ethyl adjacent to an activating group) is 1. The highest BCUT2D eigenvalue weighted by atomic mass is 16.3. The number of rotatable bonds is 5. The summed E-state index contributed by atoms with van der Waals surface area (Å²) in [7, 11) is 6.71. The van der Waals surface area contributed by atoms with Gasteiger partial charge in [-0.1, -0.05) is 24.3 Å². The second-order valence-corrected chi connectivity index (χ2v) is 11.6. The number of benzene rings is 2. The third kappa shape index (κ3) is 3.95. The van der Waals surface area contributed by atoms with E-state index < -0.39 is 58.0 Å². The molecule has 0 unspecified atom stereocenters. The van der Waals surface area contributed by atoms with Crippen molar-refractivity contribution in [3.8, 4) is 16.9 Å². The second kappa shape index (κ2) is 9.81. The van der Waals surface area contributed by atoms with Crippen LogP contribution in [0.3, 0.4) is 0 Å². The van der Waals surface area contributed by atoms with E-state index in [9.17, 15) is 39.6 Å². The van der Waals surface area contributed by atoms with Gasteiger partial charge in [0.05, 0.1) is 11.6 Å². The number of fused-ring (bicyclic) bond motifs is 3. The number of ketones is 3. The van der Waals surface area contributed by atoms with Crippen LogP contribution in [0, 0.1) is 11.8 Å². The van der Waals surface area contributed by atoms with Crippen LogP contribution in [0.1, 0.15) is 34.8 Å². The molecule has 0 radical (unpaired) electrons. The van der Waals surface area contributed by atoms with Crippen molar-refractivity contribution in [2.75, 3.05) is 33.1 Å². The predicted octanol–water partition coefficient (Wildman–Crippen LogP) is 1.90. The Morgan fingerprint density at radius 2 is 1.64 bits per heavy atom. The van der Waals surface area contributed by atoms with Gasteiger partial charge in [0, 0.05) is 42.4 Å². The van der Waals surface area contributed by atoms with Gasteiger partial charge in [-0.15, -0.1) is 0 Å². The fourth-order valence-corrected chi connectivity index (χ4v) is 6.80. The Bertz CT molecular complexity index is 1640. The minimum absolute atomic E-state index is 0.00290. The lowest BCUT2D eigenvalue weighted by Gasteiger charge is -2.50. The zero-order chi connectivity index (χ0) is 31.0. The van der Waals surface area contributed by atoms with Crippen molar-refractivity contribution in [1.29, 1.82) is 0 Å². The Morgan fingerprint density at radius 1 is 1.02 bits per heavy atom. The number of aliphatic hydroxyl groups is 3. The fourth-order valence-electron chi connectivity index (χ4n) is 6.80. The fraction of sp³-hybridized carbons (Fsp3) is 0.355. The number of nitrogens with two attached hydrogens (primary N) is 1. The number of primary amides is 1. The summed E-state index contributed by atoms with van der Waals surface area (Å²) in [4.78, 5) is 54.6. The first-order valence-electron chi connectivity index (χ1n) is 13.4. The number of hydrogen-bond donors (Lipinski definition) is 5. The van der Waals surface area contributed by atoms with Crippen LogP contribution in [0.25, 0.3) is 16.9 Å². The molecule has 0 bridgehead atoms. The predicted molar refractivity (Wildman–Crippen MR) is 154 cm³/mol. The monoisotopic (exact) mass is 575 g/mol. The standard InChI is InChI=1S/C31H33N3O8/c1-13(35)14-6-8-15(9-7-14)17-12-20(33(2)3)18-10-16-11-19-24(34(4)5)27(38)23(30(32)41)29(40)31(19,42)28(39)21(16)26(37)22(18)25(17)36/h6-9,12,16,19,24,36-37,40,42H,10-11H2,1-5H3,(H2,32,41)/t16-,19-,24-,31-/m0/s1. The van der Waals surface area contributed by atoms with E-state index in [0.717, 1.165) is 0 Å². The van der Waals surface area contributed by atoms with Crippen molar-refractivity contribution in [2.24, 2.45) is 17.6 Å². The highest BCUT2D eigenvalue weighted by Crippen LogP contribution is 2.54. The summed E-state index contributed by atoms with van der Waals surface area (Å²) in [5.74, 6) is -7.09. The Kier molecular flexibility index (Phi) is 6.78. The van der Waals surface area contributed by atoms with Gasteiger partial charge < -0.3 is 31.1 Å². The minimum atomic E-state index is -2.70. The summed E-state index contributed by atoms with van der Waals surface area (Å²) in [5, 5.41) is 46.0. The van der Waals surface area contributed by atoms with Crippen LogP contribution in [0.4, 0.5) is 5.69 Å². The van der Waals surface area contributed by atoms with Gasteiger partial charge in [0.2, 0.25) is 5.78 Å². The van der Waals surface area contributed by atoms with E-state index in [2.05, 4.69) is 0 Å². The number of nitrogens with zero attached hydrogens (tertiary/aromatic N) is 2. The van der Waals surface area contributed by atoms with E-state index in [1.165, 1.54) is 11.8 Å². The molecule has 6 N–H and O–H groups in total. The molecule has 2 aromatic carbocycles. The lowest BCUT2D eigenvalue weighted by Crippen LogP contribution is -2.65. The highest BCUT2D eigenvalue weighted by Gasteiger charge is 2.64. The van der Waals surface area contributed by atoms with Crippen LogP contribution in [0.5, 0.6) is 5.75 Å². The van der Waals surface area contributed by atoms with Gasteiger partial charge in [0.25, 0.3) is 5.91 Å². The molecule has 1 amide bonds. The first-order valence-corrected chi connectivity index (χ1v) is 13.4. The molecule has 11 heteroatoms. The molecule has 0 heterocycles. The maximum atomic E-state index is 14.1. The molecule has 3 aliphatic rings. The number of carbonyl (C=O) groups excluding carboxylic acids is 4. The van der Waals surface area contributed by atoms with Crippen LogP contribution in [0.15, 0.2) is 47.2 Å². The van der Waals surface area contributed by atoms with Gasteiger partial charge in [0.15, 0.2) is 17.2 Å². The number of phenols is 1. The molecule has 5 rings (SSSR count). The van der Waals surface area contributed by atoms with Crippen molar-refractivity contribution < 1.29 is 39.6 Å². The van der Waals surface area contributed by atoms with Crippen LogP contribution < -0.4 is 10.6 Å². The van der Waals surface area contributed by atoms with Crippen molar-refractivity contribution in [3.63, 3.8) is 0 Å². The van der Waals surface area contributed by atoms with Crippen LogP contribution in [0.2, 0.25) is 0 Å². The number of carbonyl (C=O) groups is 4. The molecule has 0 saturated heterocycles. The summed E-state index contributed by atoms with van der Waals surface area (Å²) < 4.78 is 0. The molecule has 2 aromatic rings. The van der Waals surface area contributed by atoms with Gasteiger partial charge >= 0.3 is 0 Å². The molecule has 4 atom stereocenters. The highest BCUT2D eigenvalue weighted by molar-refractivity contribution is 6.24. The number of aromatic hydroxyl groups is 1. The van der Waals surface area contributed by atoms with Gasteiger partial charge in [0.1, 0.15) is 22.8 Å². The summed E-state index contributed by atoms with van der Waals surface area (Å²) >= 11 is 0. The summed E-state index contributed by atoms with van der Waals surface area (Å²) in [6.07, 6.45) is 0.187. The maximum absolute atomic E-state index is 14.1. The van der Waals surface area contributed by atoms with E-state index in [0.29, 0.717) is 27.9 Å². The quantitative estimate of drug-likeness (QED) is 0.261. The third-order valence-electron chi connectivity index (χ3n) is 8.78.